The summed E-state index contributed by atoms with van der Waals surface area (Å²) in [6.07, 6.45) is 0. The second-order valence-electron chi connectivity index (χ2n) is 4.75. The molecule has 0 aromatic heterocycles. The zero-order chi connectivity index (χ0) is 12.1. The van der Waals surface area contributed by atoms with Crippen molar-refractivity contribution >= 4 is 5.69 Å². The van der Waals surface area contributed by atoms with Gasteiger partial charge in [0.25, 0.3) is 5.69 Å². The third-order valence-corrected chi connectivity index (χ3v) is 3.45. The molecule has 1 fully saturated rings. The first-order valence-electron chi connectivity index (χ1n) is 5.05. The highest BCUT2D eigenvalue weighted by molar-refractivity contribution is 5.49. The molecule has 0 unspecified atom stereocenters. The van der Waals surface area contributed by atoms with Crippen molar-refractivity contribution in [2.45, 2.75) is 25.8 Å². The highest BCUT2D eigenvalue weighted by Crippen LogP contribution is 2.59. The smallest absolute Gasteiger partial charge is 0.275 e. The highest BCUT2D eigenvalue weighted by Gasteiger charge is 2.59. The Bertz CT molecular complexity index is 459. The van der Waals surface area contributed by atoms with E-state index >= 15 is 0 Å². The quantitative estimate of drug-likeness (QED) is 0.618. The van der Waals surface area contributed by atoms with E-state index in [-0.39, 0.29) is 28.6 Å². The van der Waals surface area contributed by atoms with Gasteiger partial charge in [-0.25, -0.2) is 4.39 Å². The van der Waals surface area contributed by atoms with E-state index in [9.17, 15) is 14.5 Å². The SMILES string of the molecule is CC1(C)[C@@H](N)[C@@H]1c1c(F)cccc1[N+](=O)[O-]. The molecule has 1 aliphatic carbocycles. The van der Waals surface area contributed by atoms with Gasteiger partial charge in [-0.2, -0.15) is 0 Å². The molecule has 0 heterocycles. The lowest BCUT2D eigenvalue weighted by molar-refractivity contribution is -0.385. The molecule has 1 aliphatic rings. The van der Waals surface area contributed by atoms with Crippen LogP contribution in [0, 0.1) is 21.3 Å². The lowest BCUT2D eigenvalue weighted by Gasteiger charge is -2.05. The van der Waals surface area contributed by atoms with E-state index in [1.54, 1.807) is 0 Å². The predicted molar refractivity (Wildman–Crippen MR) is 57.6 cm³/mol. The van der Waals surface area contributed by atoms with Gasteiger partial charge in [-0.3, -0.25) is 10.1 Å². The molecule has 1 saturated carbocycles. The number of nitro groups is 1. The van der Waals surface area contributed by atoms with Gasteiger partial charge in [0, 0.05) is 18.0 Å². The summed E-state index contributed by atoms with van der Waals surface area (Å²) in [6.45, 7) is 3.77. The van der Waals surface area contributed by atoms with Crippen molar-refractivity contribution in [1.29, 1.82) is 0 Å². The van der Waals surface area contributed by atoms with Gasteiger partial charge >= 0.3 is 0 Å². The maximum absolute atomic E-state index is 13.7. The Balaban J connectivity index is 2.53. The Morgan fingerprint density at radius 2 is 2.06 bits per heavy atom. The van der Waals surface area contributed by atoms with E-state index in [1.165, 1.54) is 18.2 Å². The van der Waals surface area contributed by atoms with Gasteiger partial charge < -0.3 is 5.73 Å². The molecule has 1 aromatic carbocycles. The lowest BCUT2D eigenvalue weighted by atomic mass is 10.0. The standard InChI is InChI=1S/C11H13FN2O2/c1-11(2)9(10(11)13)8-6(12)4-3-5-7(8)14(15)16/h3-5,9-10H,13H2,1-2H3/t9-,10-/m0/s1. The molecule has 2 rings (SSSR count). The minimum absolute atomic E-state index is 0.144. The van der Waals surface area contributed by atoms with Crippen molar-refractivity contribution in [3.63, 3.8) is 0 Å². The summed E-state index contributed by atoms with van der Waals surface area (Å²) in [6, 6.07) is 3.68. The molecule has 0 bridgehead atoms. The number of hydrogen-bond acceptors (Lipinski definition) is 3. The first kappa shape index (κ1) is 11.0. The Hall–Kier alpha value is -1.49. The average Bonchev–Trinajstić information content (AvgIpc) is 2.66. The number of nitro benzene ring substituents is 1. The number of hydrogen-bond donors (Lipinski definition) is 1. The van der Waals surface area contributed by atoms with Gasteiger partial charge in [0.05, 0.1) is 10.5 Å². The Morgan fingerprint density at radius 1 is 1.50 bits per heavy atom. The molecule has 0 radical (unpaired) electrons. The van der Waals surface area contributed by atoms with Gasteiger partial charge in [-0.15, -0.1) is 0 Å². The maximum atomic E-state index is 13.7. The lowest BCUT2D eigenvalue weighted by Crippen LogP contribution is -2.07. The van der Waals surface area contributed by atoms with Crippen LogP contribution in [-0.4, -0.2) is 11.0 Å². The molecular formula is C11H13FN2O2. The highest BCUT2D eigenvalue weighted by atomic mass is 19.1. The van der Waals surface area contributed by atoms with Crippen molar-refractivity contribution in [3.05, 3.63) is 39.7 Å². The van der Waals surface area contributed by atoms with Crippen LogP contribution < -0.4 is 5.73 Å². The fraction of sp³-hybridized carbons (Fsp3) is 0.455. The second kappa shape index (κ2) is 3.25. The van der Waals surface area contributed by atoms with Crippen molar-refractivity contribution in [1.82, 2.24) is 0 Å². The van der Waals surface area contributed by atoms with Crippen LogP contribution in [0.4, 0.5) is 10.1 Å². The molecule has 1 aromatic rings. The summed E-state index contributed by atoms with van der Waals surface area (Å²) in [5, 5.41) is 10.8. The molecule has 0 spiro atoms. The van der Waals surface area contributed by atoms with Crippen LogP contribution in [0.15, 0.2) is 18.2 Å². The number of halogens is 1. The molecule has 0 aliphatic heterocycles. The first-order valence-corrected chi connectivity index (χ1v) is 5.05. The summed E-state index contributed by atoms with van der Waals surface area (Å²) in [5.41, 5.74) is 5.52. The van der Waals surface area contributed by atoms with E-state index < -0.39 is 10.7 Å². The molecule has 4 nitrogen and oxygen atoms in total. The molecule has 2 atom stereocenters. The van der Waals surface area contributed by atoms with Crippen LogP contribution in [0.1, 0.15) is 25.3 Å². The summed E-state index contributed by atoms with van der Waals surface area (Å²) >= 11 is 0. The van der Waals surface area contributed by atoms with E-state index in [0.717, 1.165) is 0 Å². The van der Waals surface area contributed by atoms with Gasteiger partial charge in [0.15, 0.2) is 0 Å². The normalized spacial score (nSPS) is 26.5. The van der Waals surface area contributed by atoms with Crippen LogP contribution in [0.25, 0.3) is 0 Å². The summed E-state index contributed by atoms with van der Waals surface area (Å²) < 4.78 is 13.7. The molecule has 86 valence electrons. The predicted octanol–water partition coefficient (Wildman–Crippen LogP) is 2.18. The van der Waals surface area contributed by atoms with Crippen LogP contribution >= 0.6 is 0 Å². The zero-order valence-electron chi connectivity index (χ0n) is 9.11. The molecule has 0 amide bonds. The van der Waals surface area contributed by atoms with E-state index in [0.29, 0.717) is 0 Å². The number of nitrogens with zero attached hydrogens (tertiary/aromatic N) is 1. The average molecular weight is 224 g/mol. The largest absolute Gasteiger partial charge is 0.327 e. The second-order valence-corrected chi connectivity index (χ2v) is 4.75. The van der Waals surface area contributed by atoms with E-state index in [2.05, 4.69) is 0 Å². The molecule has 0 saturated heterocycles. The topological polar surface area (TPSA) is 69.2 Å². The third kappa shape index (κ3) is 1.39. The van der Waals surface area contributed by atoms with Crippen molar-refractivity contribution in [3.8, 4) is 0 Å². The monoisotopic (exact) mass is 224 g/mol. The Labute approximate surface area is 92.4 Å². The van der Waals surface area contributed by atoms with Gasteiger partial charge in [0.2, 0.25) is 0 Å². The van der Waals surface area contributed by atoms with Crippen molar-refractivity contribution in [2.24, 2.45) is 11.1 Å². The zero-order valence-corrected chi connectivity index (χ0v) is 9.11. The van der Waals surface area contributed by atoms with Gasteiger partial charge in [0.1, 0.15) is 5.82 Å². The summed E-state index contributed by atoms with van der Waals surface area (Å²) in [4.78, 5) is 10.3. The van der Waals surface area contributed by atoms with Crippen LogP contribution in [0.2, 0.25) is 0 Å². The number of rotatable bonds is 2. The minimum Gasteiger partial charge on any atom is -0.327 e. The number of nitrogens with two attached hydrogens (primary N) is 1. The van der Waals surface area contributed by atoms with Crippen LogP contribution in [-0.2, 0) is 0 Å². The van der Waals surface area contributed by atoms with Crippen molar-refractivity contribution < 1.29 is 9.31 Å². The van der Waals surface area contributed by atoms with Gasteiger partial charge in [-0.1, -0.05) is 19.9 Å². The molecule has 2 N–H and O–H groups in total. The fourth-order valence-corrected chi connectivity index (χ4v) is 2.22. The minimum atomic E-state index is -0.556. The first-order chi connectivity index (χ1) is 7.37. The Kier molecular flexibility index (Phi) is 2.24. The molecular weight excluding hydrogens is 211 g/mol. The molecule has 16 heavy (non-hydrogen) atoms. The maximum Gasteiger partial charge on any atom is 0.275 e. The van der Waals surface area contributed by atoms with Crippen LogP contribution in [0.3, 0.4) is 0 Å². The van der Waals surface area contributed by atoms with Crippen LogP contribution in [0.5, 0.6) is 0 Å². The van der Waals surface area contributed by atoms with E-state index in [1.807, 2.05) is 13.8 Å². The fourth-order valence-electron chi connectivity index (χ4n) is 2.22. The summed E-state index contributed by atoms with van der Waals surface area (Å²) in [7, 11) is 0. The van der Waals surface area contributed by atoms with E-state index in [4.69, 9.17) is 5.73 Å². The Morgan fingerprint density at radius 3 is 2.50 bits per heavy atom. The number of benzene rings is 1. The van der Waals surface area contributed by atoms with Gasteiger partial charge in [-0.05, 0) is 11.5 Å². The van der Waals surface area contributed by atoms with Crippen molar-refractivity contribution in [2.75, 3.05) is 0 Å². The molecule has 5 heteroatoms. The summed E-state index contributed by atoms with van der Waals surface area (Å²) in [5.74, 6) is -0.811. The third-order valence-electron chi connectivity index (χ3n) is 3.45.